The van der Waals surface area contributed by atoms with Crippen molar-refractivity contribution in [1.29, 1.82) is 0 Å². The van der Waals surface area contributed by atoms with Gasteiger partial charge in [0.05, 0.1) is 4.58 Å². The third kappa shape index (κ3) is 4.91. The van der Waals surface area contributed by atoms with Crippen LogP contribution in [0.5, 0.6) is 5.75 Å². The van der Waals surface area contributed by atoms with Crippen molar-refractivity contribution in [3.05, 3.63) is 59.9 Å². The zero-order valence-electron chi connectivity index (χ0n) is 12.6. The lowest BCUT2D eigenvalue weighted by Crippen LogP contribution is -2.28. The number of hydrogen-bond donors (Lipinski definition) is 1. The molecule has 0 atom stereocenters. The van der Waals surface area contributed by atoms with Crippen molar-refractivity contribution in [2.45, 2.75) is 11.1 Å². The minimum Gasteiger partial charge on any atom is -0.484 e. The summed E-state index contributed by atoms with van der Waals surface area (Å²) in [4.78, 5) is 15.8. The number of ether oxygens (including phenoxy) is 1. The van der Waals surface area contributed by atoms with Gasteiger partial charge in [0.1, 0.15) is 5.75 Å². The Labute approximate surface area is 144 Å². The van der Waals surface area contributed by atoms with E-state index in [-0.39, 0.29) is 12.5 Å². The molecule has 4 nitrogen and oxygen atoms in total. The number of thioether (sulfide) groups is 2. The van der Waals surface area contributed by atoms with Crippen LogP contribution >= 0.6 is 23.5 Å². The monoisotopic (exact) mass is 346 g/mol. The normalized spacial score (nSPS) is 14.6. The first-order valence-corrected chi connectivity index (χ1v) is 9.52. The van der Waals surface area contributed by atoms with Crippen molar-refractivity contribution in [1.82, 2.24) is 10.3 Å². The Kier molecular flexibility index (Phi) is 5.82. The number of rotatable bonds is 6. The number of nitrogens with zero attached hydrogens (tertiary/aromatic N) is 1. The van der Waals surface area contributed by atoms with Crippen molar-refractivity contribution >= 4 is 29.4 Å². The molecule has 3 rings (SSSR count). The van der Waals surface area contributed by atoms with Crippen molar-refractivity contribution in [3.63, 3.8) is 0 Å². The van der Waals surface area contributed by atoms with E-state index in [0.717, 1.165) is 11.3 Å². The van der Waals surface area contributed by atoms with E-state index in [1.54, 1.807) is 12.4 Å². The van der Waals surface area contributed by atoms with Crippen LogP contribution in [0, 0.1) is 0 Å². The molecule has 0 saturated carbocycles. The van der Waals surface area contributed by atoms with Crippen molar-refractivity contribution in [3.8, 4) is 5.75 Å². The molecule has 120 valence electrons. The molecule has 0 unspecified atom stereocenters. The summed E-state index contributed by atoms with van der Waals surface area (Å²) in [7, 11) is 0. The third-order valence-electron chi connectivity index (χ3n) is 3.36. The number of carbonyl (C=O) groups excluding carboxylic acids is 1. The Hall–Kier alpha value is -1.66. The van der Waals surface area contributed by atoms with E-state index in [2.05, 4.69) is 22.4 Å². The average molecular weight is 346 g/mol. The van der Waals surface area contributed by atoms with E-state index in [9.17, 15) is 4.79 Å². The van der Waals surface area contributed by atoms with Gasteiger partial charge in [0, 0.05) is 30.4 Å². The molecule has 1 aliphatic heterocycles. The molecule has 1 aromatic heterocycles. The first-order chi connectivity index (χ1) is 11.3. The van der Waals surface area contributed by atoms with Gasteiger partial charge >= 0.3 is 0 Å². The van der Waals surface area contributed by atoms with E-state index in [1.165, 1.54) is 17.1 Å². The molecule has 0 spiro atoms. The minimum absolute atomic E-state index is 0.0204. The van der Waals surface area contributed by atoms with Gasteiger partial charge in [0.2, 0.25) is 0 Å². The van der Waals surface area contributed by atoms with E-state index < -0.39 is 0 Å². The second kappa shape index (κ2) is 8.26. The van der Waals surface area contributed by atoms with E-state index in [1.807, 2.05) is 47.8 Å². The van der Waals surface area contributed by atoms with Gasteiger partial charge in [0.15, 0.2) is 6.61 Å². The fourth-order valence-electron chi connectivity index (χ4n) is 2.18. The molecule has 1 aromatic carbocycles. The van der Waals surface area contributed by atoms with Gasteiger partial charge < -0.3 is 10.1 Å². The highest BCUT2D eigenvalue weighted by molar-refractivity contribution is 8.19. The van der Waals surface area contributed by atoms with Crippen molar-refractivity contribution < 1.29 is 9.53 Å². The molecule has 0 bridgehead atoms. The summed E-state index contributed by atoms with van der Waals surface area (Å²) in [6.07, 6.45) is 3.44. The Balaban J connectivity index is 1.43. The molecular formula is C17H18N2O2S2. The van der Waals surface area contributed by atoms with Crippen LogP contribution in [-0.4, -0.2) is 29.0 Å². The summed E-state index contributed by atoms with van der Waals surface area (Å²) in [5, 5.41) is 2.81. The quantitative estimate of drug-likeness (QED) is 0.870. The highest BCUT2D eigenvalue weighted by atomic mass is 32.2. The Morgan fingerprint density at radius 2 is 2.00 bits per heavy atom. The Morgan fingerprint density at radius 1 is 1.22 bits per heavy atom. The lowest BCUT2D eigenvalue weighted by atomic mass is 10.2. The number of benzene rings is 1. The van der Waals surface area contributed by atoms with Crippen LogP contribution in [0.4, 0.5) is 0 Å². The van der Waals surface area contributed by atoms with Gasteiger partial charge in [-0.25, -0.2) is 0 Å². The van der Waals surface area contributed by atoms with Crippen molar-refractivity contribution in [2.75, 3.05) is 18.1 Å². The summed E-state index contributed by atoms with van der Waals surface area (Å²) in [5.41, 5.74) is 2.28. The van der Waals surface area contributed by atoms with Crippen LogP contribution in [0.1, 0.15) is 15.7 Å². The SMILES string of the molecule is O=C(COc1ccc(C2SCCS2)cc1)NCc1cccnc1. The topological polar surface area (TPSA) is 51.2 Å². The Bertz CT molecular complexity index is 629. The van der Waals surface area contributed by atoms with Crippen LogP contribution < -0.4 is 10.1 Å². The lowest BCUT2D eigenvalue weighted by Gasteiger charge is -2.10. The standard InChI is InChI=1S/C17H18N2O2S2/c20-16(19-11-13-2-1-7-18-10-13)12-21-15-5-3-14(4-6-15)17-22-8-9-23-17/h1-7,10,17H,8-9,11-12H2,(H,19,20). The molecule has 23 heavy (non-hydrogen) atoms. The fourth-order valence-corrected chi connectivity index (χ4v) is 5.03. The lowest BCUT2D eigenvalue weighted by molar-refractivity contribution is -0.123. The molecule has 1 amide bonds. The number of pyridine rings is 1. The van der Waals surface area contributed by atoms with Crippen LogP contribution in [0.15, 0.2) is 48.8 Å². The molecule has 6 heteroatoms. The smallest absolute Gasteiger partial charge is 0.258 e. The molecule has 0 radical (unpaired) electrons. The molecule has 2 heterocycles. The zero-order chi connectivity index (χ0) is 15.9. The maximum atomic E-state index is 11.8. The third-order valence-corrected chi connectivity index (χ3v) is 6.46. The van der Waals surface area contributed by atoms with Gasteiger partial charge in [-0.2, -0.15) is 0 Å². The van der Waals surface area contributed by atoms with Crippen LogP contribution in [0.25, 0.3) is 0 Å². The highest BCUT2D eigenvalue weighted by Crippen LogP contribution is 2.45. The minimum atomic E-state index is -0.139. The molecule has 0 aliphatic carbocycles. The van der Waals surface area contributed by atoms with Crippen molar-refractivity contribution in [2.24, 2.45) is 0 Å². The average Bonchev–Trinajstić information content (AvgIpc) is 3.14. The van der Waals surface area contributed by atoms with E-state index >= 15 is 0 Å². The predicted octanol–water partition coefficient (Wildman–Crippen LogP) is 3.26. The zero-order valence-corrected chi connectivity index (χ0v) is 14.2. The summed E-state index contributed by atoms with van der Waals surface area (Å²) < 4.78 is 6.07. The van der Waals surface area contributed by atoms with E-state index in [4.69, 9.17) is 4.74 Å². The highest BCUT2D eigenvalue weighted by Gasteiger charge is 2.17. The Morgan fingerprint density at radius 3 is 2.70 bits per heavy atom. The second-order valence-corrected chi connectivity index (χ2v) is 7.79. The summed E-state index contributed by atoms with van der Waals surface area (Å²) in [6, 6.07) is 11.8. The number of aromatic nitrogens is 1. The summed E-state index contributed by atoms with van der Waals surface area (Å²) in [6.45, 7) is 0.484. The van der Waals surface area contributed by atoms with Gasteiger partial charge in [0.25, 0.3) is 5.91 Å². The number of amides is 1. The summed E-state index contributed by atoms with van der Waals surface area (Å²) in [5.74, 6) is 3.01. The first-order valence-electron chi connectivity index (χ1n) is 7.43. The number of carbonyl (C=O) groups is 1. The van der Waals surface area contributed by atoms with Crippen LogP contribution in [0.3, 0.4) is 0 Å². The van der Waals surface area contributed by atoms with Gasteiger partial charge in [-0.15, -0.1) is 23.5 Å². The predicted molar refractivity (Wildman–Crippen MR) is 95.7 cm³/mol. The van der Waals surface area contributed by atoms with Crippen LogP contribution in [0.2, 0.25) is 0 Å². The molecular weight excluding hydrogens is 328 g/mol. The molecule has 2 aromatic rings. The number of hydrogen-bond acceptors (Lipinski definition) is 5. The molecule has 1 saturated heterocycles. The molecule has 1 aliphatic rings. The maximum absolute atomic E-state index is 11.8. The number of nitrogens with one attached hydrogen (secondary N) is 1. The first kappa shape index (κ1) is 16.2. The summed E-state index contributed by atoms with van der Waals surface area (Å²) >= 11 is 3.95. The van der Waals surface area contributed by atoms with Gasteiger partial charge in [-0.1, -0.05) is 18.2 Å². The molecule has 1 N–H and O–H groups in total. The largest absolute Gasteiger partial charge is 0.484 e. The van der Waals surface area contributed by atoms with Gasteiger partial charge in [-0.3, -0.25) is 9.78 Å². The van der Waals surface area contributed by atoms with Crippen LogP contribution in [-0.2, 0) is 11.3 Å². The fraction of sp³-hybridized carbons (Fsp3) is 0.294. The van der Waals surface area contributed by atoms with Gasteiger partial charge in [-0.05, 0) is 29.3 Å². The second-order valence-electron chi connectivity index (χ2n) is 5.07. The van der Waals surface area contributed by atoms with E-state index in [0.29, 0.717) is 11.1 Å². The maximum Gasteiger partial charge on any atom is 0.258 e. The molecule has 1 fully saturated rings.